The monoisotopic (exact) mass is 296 g/mol. The number of halogens is 1. The Morgan fingerprint density at radius 1 is 1.37 bits per heavy atom. The summed E-state index contributed by atoms with van der Waals surface area (Å²) in [7, 11) is 1.66. The largest absolute Gasteiger partial charge is 0.496 e. The molecule has 1 aromatic heterocycles. The van der Waals surface area contributed by atoms with Gasteiger partial charge in [0, 0.05) is 34.7 Å². The maximum absolute atomic E-state index is 6.18. The van der Waals surface area contributed by atoms with Gasteiger partial charge in [-0.25, -0.2) is 4.98 Å². The molecule has 0 aliphatic carbocycles. The van der Waals surface area contributed by atoms with Crippen LogP contribution in [0.4, 0.5) is 0 Å². The van der Waals surface area contributed by atoms with E-state index in [1.165, 1.54) is 4.88 Å². The number of thiazole rings is 1. The maximum atomic E-state index is 6.18. The van der Waals surface area contributed by atoms with Crippen LogP contribution in [0.2, 0.25) is 5.02 Å². The summed E-state index contributed by atoms with van der Waals surface area (Å²) in [4.78, 5) is 5.69. The Morgan fingerprint density at radius 3 is 2.89 bits per heavy atom. The second kappa shape index (κ2) is 6.89. The van der Waals surface area contributed by atoms with Crippen molar-refractivity contribution in [3.8, 4) is 5.75 Å². The fourth-order valence-corrected chi connectivity index (χ4v) is 2.85. The van der Waals surface area contributed by atoms with Gasteiger partial charge in [-0.3, -0.25) is 0 Å². The van der Waals surface area contributed by atoms with Crippen LogP contribution in [0, 0.1) is 0 Å². The van der Waals surface area contributed by atoms with E-state index in [9.17, 15) is 0 Å². The van der Waals surface area contributed by atoms with E-state index in [2.05, 4.69) is 17.2 Å². The molecule has 0 unspecified atom stereocenters. The molecule has 0 amide bonds. The number of aryl methyl sites for hydroxylation is 1. The van der Waals surface area contributed by atoms with Crippen molar-refractivity contribution in [2.75, 3.05) is 7.11 Å². The first-order chi connectivity index (χ1) is 9.24. The van der Waals surface area contributed by atoms with Crippen molar-refractivity contribution in [2.24, 2.45) is 0 Å². The number of aromatic nitrogens is 1. The summed E-state index contributed by atoms with van der Waals surface area (Å²) < 4.78 is 5.31. The number of rotatable bonds is 6. The number of nitrogens with one attached hydrogen (secondary N) is 1. The lowest BCUT2D eigenvalue weighted by Crippen LogP contribution is -2.13. The van der Waals surface area contributed by atoms with Gasteiger partial charge >= 0.3 is 0 Å². The molecule has 0 saturated carbocycles. The molecule has 2 aromatic rings. The Balaban J connectivity index is 1.95. The van der Waals surface area contributed by atoms with Gasteiger partial charge in [-0.05, 0) is 18.6 Å². The Morgan fingerprint density at radius 2 is 2.21 bits per heavy atom. The van der Waals surface area contributed by atoms with Crippen LogP contribution in [0.5, 0.6) is 5.75 Å². The minimum atomic E-state index is 0.671. The molecule has 0 radical (unpaired) electrons. The number of hydrogen-bond acceptors (Lipinski definition) is 4. The van der Waals surface area contributed by atoms with Crippen molar-refractivity contribution in [3.05, 3.63) is 44.9 Å². The van der Waals surface area contributed by atoms with Gasteiger partial charge in [-0.2, -0.15) is 0 Å². The highest BCUT2D eigenvalue weighted by Crippen LogP contribution is 2.26. The Labute approximate surface area is 122 Å². The fourth-order valence-electron chi connectivity index (χ4n) is 1.79. The Kier molecular flexibility index (Phi) is 5.19. The van der Waals surface area contributed by atoms with Gasteiger partial charge in [0.2, 0.25) is 0 Å². The Bertz CT molecular complexity index is 542. The van der Waals surface area contributed by atoms with Crippen LogP contribution in [-0.4, -0.2) is 12.1 Å². The van der Waals surface area contributed by atoms with E-state index in [-0.39, 0.29) is 0 Å². The molecule has 0 bridgehead atoms. The van der Waals surface area contributed by atoms with E-state index < -0.39 is 0 Å². The van der Waals surface area contributed by atoms with Crippen molar-refractivity contribution < 1.29 is 4.74 Å². The average Bonchev–Trinajstić information content (AvgIpc) is 2.88. The van der Waals surface area contributed by atoms with Crippen LogP contribution >= 0.6 is 22.9 Å². The standard InChI is InChI=1S/C14H17ClN2OS/c1-3-10-7-17-14(19-10)9-16-8-11-12(15)5-4-6-13(11)18-2/h4-7,16H,3,8-9H2,1-2H3. The summed E-state index contributed by atoms with van der Waals surface area (Å²) in [5, 5.41) is 5.18. The van der Waals surface area contributed by atoms with Gasteiger partial charge in [0.1, 0.15) is 10.8 Å². The second-order valence-electron chi connectivity index (χ2n) is 4.10. The lowest BCUT2D eigenvalue weighted by Gasteiger charge is -2.10. The highest BCUT2D eigenvalue weighted by Gasteiger charge is 2.07. The first-order valence-electron chi connectivity index (χ1n) is 6.20. The molecule has 102 valence electrons. The minimum absolute atomic E-state index is 0.671. The lowest BCUT2D eigenvalue weighted by atomic mass is 10.2. The molecule has 0 spiro atoms. The van der Waals surface area contributed by atoms with Gasteiger partial charge in [-0.1, -0.05) is 24.6 Å². The fraction of sp³-hybridized carbons (Fsp3) is 0.357. The first-order valence-corrected chi connectivity index (χ1v) is 7.39. The van der Waals surface area contributed by atoms with Crippen LogP contribution in [0.25, 0.3) is 0 Å². The zero-order valence-electron chi connectivity index (χ0n) is 11.1. The zero-order valence-corrected chi connectivity index (χ0v) is 12.6. The molecule has 0 aliphatic heterocycles. The van der Waals surface area contributed by atoms with Crippen LogP contribution < -0.4 is 10.1 Å². The van der Waals surface area contributed by atoms with Gasteiger partial charge in [0.05, 0.1) is 7.11 Å². The summed E-state index contributed by atoms with van der Waals surface area (Å²) in [6, 6.07) is 5.68. The van der Waals surface area contributed by atoms with Crippen molar-refractivity contribution in [3.63, 3.8) is 0 Å². The predicted octanol–water partition coefficient (Wildman–Crippen LogP) is 3.66. The molecule has 1 N–H and O–H groups in total. The number of benzene rings is 1. The molecule has 19 heavy (non-hydrogen) atoms. The molecule has 0 atom stereocenters. The third-order valence-electron chi connectivity index (χ3n) is 2.82. The minimum Gasteiger partial charge on any atom is -0.496 e. The Hall–Kier alpha value is -1.10. The van der Waals surface area contributed by atoms with Crippen LogP contribution in [0.15, 0.2) is 24.4 Å². The molecular weight excluding hydrogens is 280 g/mol. The number of hydrogen-bond donors (Lipinski definition) is 1. The molecule has 5 heteroatoms. The van der Waals surface area contributed by atoms with Gasteiger partial charge in [0.25, 0.3) is 0 Å². The van der Waals surface area contributed by atoms with Crippen molar-refractivity contribution in [1.29, 1.82) is 0 Å². The van der Waals surface area contributed by atoms with Crippen LogP contribution in [0.1, 0.15) is 22.4 Å². The zero-order chi connectivity index (χ0) is 13.7. The van der Waals surface area contributed by atoms with E-state index in [4.69, 9.17) is 16.3 Å². The topological polar surface area (TPSA) is 34.2 Å². The van der Waals surface area contributed by atoms with Crippen molar-refractivity contribution in [2.45, 2.75) is 26.4 Å². The number of ether oxygens (including phenoxy) is 1. The molecule has 2 rings (SSSR count). The van der Waals surface area contributed by atoms with Crippen LogP contribution in [-0.2, 0) is 19.5 Å². The molecule has 3 nitrogen and oxygen atoms in total. The van der Waals surface area contributed by atoms with Crippen LogP contribution in [0.3, 0.4) is 0 Å². The first kappa shape index (κ1) is 14.3. The SMILES string of the molecule is CCc1cnc(CNCc2c(Cl)cccc2OC)s1. The predicted molar refractivity (Wildman–Crippen MR) is 80.0 cm³/mol. The smallest absolute Gasteiger partial charge is 0.124 e. The van der Waals surface area contributed by atoms with Crippen molar-refractivity contribution in [1.82, 2.24) is 10.3 Å². The highest BCUT2D eigenvalue weighted by atomic mass is 35.5. The van der Waals surface area contributed by atoms with E-state index >= 15 is 0 Å². The number of nitrogens with zero attached hydrogens (tertiary/aromatic N) is 1. The summed E-state index contributed by atoms with van der Waals surface area (Å²) in [6.07, 6.45) is 2.98. The maximum Gasteiger partial charge on any atom is 0.124 e. The van der Waals surface area contributed by atoms with Gasteiger partial charge in [-0.15, -0.1) is 11.3 Å². The third kappa shape index (κ3) is 3.69. The normalized spacial score (nSPS) is 10.7. The molecule has 0 aliphatic rings. The molecule has 1 heterocycles. The highest BCUT2D eigenvalue weighted by molar-refractivity contribution is 7.11. The molecule has 0 fully saturated rings. The van der Waals surface area contributed by atoms with Gasteiger partial charge < -0.3 is 10.1 Å². The van der Waals surface area contributed by atoms with Crippen molar-refractivity contribution >= 4 is 22.9 Å². The molecule has 1 aromatic carbocycles. The third-order valence-corrected chi connectivity index (χ3v) is 4.32. The molecular formula is C14H17ClN2OS. The van der Waals surface area contributed by atoms with E-state index in [1.54, 1.807) is 18.4 Å². The quantitative estimate of drug-likeness (QED) is 0.883. The second-order valence-corrected chi connectivity index (χ2v) is 5.71. The molecule has 0 saturated heterocycles. The average molecular weight is 297 g/mol. The summed E-state index contributed by atoms with van der Waals surface area (Å²) in [5.41, 5.74) is 0.985. The number of methoxy groups -OCH3 is 1. The van der Waals surface area contributed by atoms with E-state index in [0.29, 0.717) is 6.54 Å². The lowest BCUT2D eigenvalue weighted by molar-refractivity contribution is 0.407. The van der Waals surface area contributed by atoms with E-state index in [0.717, 1.165) is 34.3 Å². The van der Waals surface area contributed by atoms with Gasteiger partial charge in [0.15, 0.2) is 0 Å². The summed E-state index contributed by atoms with van der Waals surface area (Å²) >= 11 is 7.93. The summed E-state index contributed by atoms with van der Waals surface area (Å²) in [5.74, 6) is 0.813. The van der Waals surface area contributed by atoms with E-state index in [1.807, 2.05) is 24.4 Å². The summed E-state index contributed by atoms with van der Waals surface area (Å²) in [6.45, 7) is 3.56.